The molecule has 2 atom stereocenters. The van der Waals surface area contributed by atoms with Gasteiger partial charge < -0.3 is 4.90 Å². The van der Waals surface area contributed by atoms with Gasteiger partial charge in [0.1, 0.15) is 6.42 Å². The van der Waals surface area contributed by atoms with E-state index in [2.05, 4.69) is 4.99 Å². The molecule has 1 amide bonds. The van der Waals surface area contributed by atoms with Crippen LogP contribution in [0.15, 0.2) is 4.99 Å². The number of amidine groups is 1. The van der Waals surface area contributed by atoms with Crippen LogP contribution >= 0.6 is 11.8 Å². The molecule has 17 heavy (non-hydrogen) atoms. The zero-order valence-electron chi connectivity index (χ0n) is 9.16. The van der Waals surface area contributed by atoms with E-state index in [0.717, 1.165) is 0 Å². The molecule has 6 nitrogen and oxygen atoms in total. The quantitative estimate of drug-likeness (QED) is 0.647. The van der Waals surface area contributed by atoms with Crippen molar-refractivity contribution >= 4 is 32.7 Å². The van der Waals surface area contributed by atoms with Gasteiger partial charge in [-0.25, -0.2) is 8.42 Å². The van der Waals surface area contributed by atoms with E-state index in [0.29, 0.717) is 5.17 Å². The summed E-state index contributed by atoms with van der Waals surface area (Å²) in [6, 6.07) is 1.64. The van der Waals surface area contributed by atoms with Crippen LogP contribution in [0.4, 0.5) is 0 Å². The summed E-state index contributed by atoms with van der Waals surface area (Å²) in [5.41, 5.74) is 0. The van der Waals surface area contributed by atoms with Crippen LogP contribution < -0.4 is 0 Å². The lowest BCUT2D eigenvalue weighted by Gasteiger charge is -2.17. The highest BCUT2D eigenvalue weighted by molar-refractivity contribution is 8.15. The minimum atomic E-state index is -2.96. The number of fused-ring (bicyclic) bond motifs is 1. The Labute approximate surface area is 104 Å². The van der Waals surface area contributed by atoms with E-state index >= 15 is 0 Å². The number of amides is 1. The van der Waals surface area contributed by atoms with Crippen molar-refractivity contribution in [2.24, 2.45) is 4.99 Å². The number of aliphatic imine (C=N–C) groups is 1. The fourth-order valence-electron chi connectivity index (χ4n) is 1.95. The molecule has 2 saturated heterocycles. The number of rotatable bonds is 1. The molecule has 0 unspecified atom stereocenters. The van der Waals surface area contributed by atoms with Gasteiger partial charge in [0.15, 0.2) is 15.0 Å². The maximum atomic E-state index is 11.4. The molecule has 0 aromatic carbocycles. The molecule has 2 aliphatic heterocycles. The molecule has 92 valence electrons. The number of sulfone groups is 1. The van der Waals surface area contributed by atoms with Gasteiger partial charge in [0.05, 0.1) is 23.6 Å². The van der Waals surface area contributed by atoms with Gasteiger partial charge in [-0.2, -0.15) is 10.3 Å². The summed E-state index contributed by atoms with van der Waals surface area (Å²) >= 11 is 1.31. The van der Waals surface area contributed by atoms with Gasteiger partial charge in [-0.1, -0.05) is 11.8 Å². The first-order valence-electron chi connectivity index (χ1n) is 5.01. The van der Waals surface area contributed by atoms with Gasteiger partial charge in [0.25, 0.3) is 5.91 Å². The second-order valence-corrected chi connectivity index (χ2v) is 7.39. The van der Waals surface area contributed by atoms with E-state index in [4.69, 9.17) is 5.26 Å². The summed E-state index contributed by atoms with van der Waals surface area (Å²) in [4.78, 5) is 16.8. The van der Waals surface area contributed by atoms with Crippen LogP contribution in [0.1, 0.15) is 6.42 Å². The molecule has 8 heteroatoms. The molecule has 2 rings (SSSR count). The molecule has 0 radical (unpaired) electrons. The predicted molar refractivity (Wildman–Crippen MR) is 64.3 cm³/mol. The molecule has 2 heterocycles. The molecule has 0 aromatic rings. The molecule has 2 fully saturated rings. The number of nitrogens with zero attached hydrogens (tertiary/aromatic N) is 3. The Morgan fingerprint density at radius 2 is 2.35 bits per heavy atom. The van der Waals surface area contributed by atoms with E-state index < -0.39 is 15.7 Å². The number of carbonyl (C=O) groups is 1. The summed E-state index contributed by atoms with van der Waals surface area (Å²) in [6.07, 6.45) is -0.245. The average Bonchev–Trinajstić information content (AvgIpc) is 2.63. The maximum Gasteiger partial charge on any atom is 0.262 e. The lowest BCUT2D eigenvalue weighted by molar-refractivity contribution is -0.116. The van der Waals surface area contributed by atoms with Gasteiger partial charge >= 0.3 is 0 Å². The van der Waals surface area contributed by atoms with Crippen molar-refractivity contribution in [2.45, 2.75) is 17.7 Å². The van der Waals surface area contributed by atoms with Gasteiger partial charge in [-0.15, -0.1) is 0 Å². The third-order valence-electron chi connectivity index (χ3n) is 2.78. The summed E-state index contributed by atoms with van der Waals surface area (Å²) in [7, 11) is -1.22. The zero-order valence-corrected chi connectivity index (χ0v) is 10.8. The lowest BCUT2D eigenvalue weighted by Crippen LogP contribution is -2.34. The Balaban J connectivity index is 2.14. The van der Waals surface area contributed by atoms with Crippen LogP contribution in [0, 0.1) is 11.3 Å². The van der Waals surface area contributed by atoms with Crippen molar-refractivity contribution in [3.63, 3.8) is 0 Å². The van der Waals surface area contributed by atoms with Gasteiger partial charge in [0.2, 0.25) is 0 Å². The van der Waals surface area contributed by atoms with E-state index in [9.17, 15) is 13.2 Å². The lowest BCUT2D eigenvalue weighted by atomic mass is 10.2. The Morgan fingerprint density at radius 3 is 2.94 bits per heavy atom. The molecular formula is C9H11N3O3S2. The Bertz CT molecular complexity index is 520. The zero-order chi connectivity index (χ0) is 12.6. The largest absolute Gasteiger partial charge is 0.349 e. The number of nitriles is 1. The smallest absolute Gasteiger partial charge is 0.262 e. The van der Waals surface area contributed by atoms with Crippen molar-refractivity contribution in [1.82, 2.24) is 4.90 Å². The summed E-state index contributed by atoms with van der Waals surface area (Å²) in [5, 5.41) is 8.85. The molecule has 0 aliphatic carbocycles. The standard InChI is InChI=1S/C9H11N3O3S2/c1-12-6-4-17(14,15)5-7(6)16-9(12)11-8(13)2-3-10/h6-7H,2,4-5H2,1H3/t6-,7+/m0/s1. The van der Waals surface area contributed by atoms with Crippen LogP contribution in [0.5, 0.6) is 0 Å². The van der Waals surface area contributed by atoms with Crippen LogP contribution in [0.3, 0.4) is 0 Å². The number of thioether (sulfide) groups is 1. The molecule has 2 aliphatic rings. The van der Waals surface area contributed by atoms with E-state index in [1.807, 2.05) is 0 Å². The fourth-order valence-corrected chi connectivity index (χ4v) is 5.96. The number of hydrogen-bond donors (Lipinski definition) is 0. The molecule has 0 saturated carbocycles. The van der Waals surface area contributed by atoms with E-state index in [-0.39, 0.29) is 29.2 Å². The third-order valence-corrected chi connectivity index (χ3v) is 6.08. The van der Waals surface area contributed by atoms with Crippen LogP contribution in [0.2, 0.25) is 0 Å². The molecular weight excluding hydrogens is 262 g/mol. The third kappa shape index (κ3) is 2.45. The van der Waals surface area contributed by atoms with Gasteiger partial charge in [-0.05, 0) is 0 Å². The minimum absolute atomic E-state index is 0.0429. The average molecular weight is 273 g/mol. The summed E-state index contributed by atoms with van der Waals surface area (Å²) in [6.45, 7) is 0. The Hall–Kier alpha value is -1.07. The highest BCUT2D eigenvalue weighted by Crippen LogP contribution is 2.36. The highest BCUT2D eigenvalue weighted by atomic mass is 32.2. The second-order valence-electron chi connectivity index (χ2n) is 4.03. The SMILES string of the molecule is CN1C(=NC(=O)CC#N)S[C@@H]2CS(=O)(=O)C[C@@H]21. The first-order chi connectivity index (χ1) is 7.93. The van der Waals surface area contributed by atoms with Gasteiger partial charge in [0, 0.05) is 12.3 Å². The van der Waals surface area contributed by atoms with Crippen LogP contribution in [-0.2, 0) is 14.6 Å². The fraction of sp³-hybridized carbons (Fsp3) is 0.667. The number of hydrogen-bond acceptors (Lipinski definition) is 5. The molecule has 0 aromatic heterocycles. The van der Waals surface area contributed by atoms with Crippen molar-refractivity contribution in [2.75, 3.05) is 18.6 Å². The van der Waals surface area contributed by atoms with Crippen LogP contribution in [-0.4, -0.2) is 54.2 Å². The maximum absolute atomic E-state index is 11.4. The van der Waals surface area contributed by atoms with Crippen LogP contribution in [0.25, 0.3) is 0 Å². The molecule has 0 N–H and O–H groups in total. The monoisotopic (exact) mass is 273 g/mol. The first-order valence-corrected chi connectivity index (χ1v) is 7.71. The highest BCUT2D eigenvalue weighted by Gasteiger charge is 2.47. The first kappa shape index (κ1) is 12.4. The van der Waals surface area contributed by atoms with Crippen molar-refractivity contribution < 1.29 is 13.2 Å². The number of carbonyl (C=O) groups excluding carboxylic acids is 1. The molecule has 0 spiro atoms. The van der Waals surface area contributed by atoms with E-state index in [1.165, 1.54) is 11.8 Å². The summed E-state index contributed by atoms with van der Waals surface area (Å²) < 4.78 is 22.9. The summed E-state index contributed by atoms with van der Waals surface area (Å²) in [5.74, 6) is -0.227. The predicted octanol–water partition coefficient (Wildman–Crippen LogP) is -0.373. The normalized spacial score (nSPS) is 32.5. The van der Waals surface area contributed by atoms with Crippen molar-refractivity contribution in [1.29, 1.82) is 5.26 Å². The topological polar surface area (TPSA) is 90.6 Å². The second kappa shape index (κ2) is 4.31. The minimum Gasteiger partial charge on any atom is -0.349 e. The van der Waals surface area contributed by atoms with E-state index in [1.54, 1.807) is 18.0 Å². The van der Waals surface area contributed by atoms with Gasteiger partial charge in [-0.3, -0.25) is 4.79 Å². The Morgan fingerprint density at radius 1 is 1.65 bits per heavy atom. The van der Waals surface area contributed by atoms with Crippen molar-refractivity contribution in [3.8, 4) is 6.07 Å². The Kier molecular flexibility index (Phi) is 3.14. The van der Waals surface area contributed by atoms with Crippen molar-refractivity contribution in [3.05, 3.63) is 0 Å². The molecule has 0 bridgehead atoms.